The molecule has 0 unspecified atom stereocenters. The molecule has 8 aromatic carbocycles. The van der Waals surface area contributed by atoms with Crippen molar-refractivity contribution < 1.29 is 60.3 Å². The lowest BCUT2D eigenvalue weighted by Gasteiger charge is -2.33. The van der Waals surface area contributed by atoms with Gasteiger partial charge in [-0.1, -0.05) is 94.9 Å². The molecule has 28 nitrogen and oxygen atoms in total. The van der Waals surface area contributed by atoms with Crippen molar-refractivity contribution in [3.8, 4) is 0 Å². The molecule has 12 N–H and O–H groups in total. The summed E-state index contributed by atoms with van der Waals surface area (Å²) in [5.74, 6) is -4.18. The summed E-state index contributed by atoms with van der Waals surface area (Å²) in [4.78, 5) is 125. The van der Waals surface area contributed by atoms with E-state index in [-0.39, 0.29) is 85.3 Å². The molecule has 4 aliphatic rings. The van der Waals surface area contributed by atoms with E-state index in [1.54, 1.807) is 102 Å². The van der Waals surface area contributed by atoms with E-state index < -0.39 is 76.3 Å². The van der Waals surface area contributed by atoms with Crippen LogP contribution in [0.4, 0.5) is 68.0 Å². The van der Waals surface area contributed by atoms with Crippen molar-refractivity contribution >= 4 is 175 Å². The van der Waals surface area contributed by atoms with Crippen LogP contribution >= 0.6 is 58.2 Å². The number of nitrogens with zero attached hydrogens (tertiary/aromatic N) is 8. The average molecular weight is 1870 g/mol. The Balaban J connectivity index is 0.000000149. The van der Waals surface area contributed by atoms with Crippen molar-refractivity contribution in [3.05, 3.63) is 353 Å². The fourth-order valence-electron chi connectivity index (χ4n) is 12.9. The molecule has 131 heavy (non-hydrogen) atoms. The van der Waals surface area contributed by atoms with Gasteiger partial charge in [0.25, 0.3) is 47.3 Å². The third-order valence-electron chi connectivity index (χ3n) is 20.4. The van der Waals surface area contributed by atoms with Gasteiger partial charge >= 0.3 is 0 Å². The van der Waals surface area contributed by atoms with Crippen LogP contribution in [0.2, 0.25) is 20.1 Å². The number of para-hydroxylation sites is 1. The molecule has 0 bridgehead atoms. The van der Waals surface area contributed by atoms with Crippen LogP contribution in [0.25, 0.3) is 0 Å². The molecule has 38 heteroatoms. The number of rotatable bonds is 20. The highest BCUT2D eigenvalue weighted by molar-refractivity contribution is 7.99. The number of likely N-dealkylation sites (tertiary alicyclic amines) is 3. The van der Waals surface area contributed by atoms with Gasteiger partial charge in [0.05, 0.1) is 76.2 Å². The number of halogens is 9. The number of thioether (sulfide) groups is 1. The lowest BCUT2D eigenvalue weighted by atomic mass is 10.1. The number of carbonyl (C=O) groups is 8. The summed E-state index contributed by atoms with van der Waals surface area (Å²) in [6.07, 6.45) is 8.54. The zero-order valence-electron chi connectivity index (χ0n) is 68.9. The number of anilines is 8. The van der Waals surface area contributed by atoms with Gasteiger partial charge in [-0.2, -0.15) is 11.8 Å². The number of amides is 8. The van der Waals surface area contributed by atoms with Gasteiger partial charge in [-0.05, 0) is 183 Å². The van der Waals surface area contributed by atoms with Crippen molar-refractivity contribution in [1.82, 2.24) is 39.5 Å². The first kappa shape index (κ1) is 93.8. The first-order valence-corrected chi connectivity index (χ1v) is 42.9. The Bertz CT molecular complexity index is 6360. The Kier molecular flexibility index (Phi) is 31.3. The first-order valence-electron chi connectivity index (χ1n) is 40.2. The molecular weight excluding hydrogens is 1790 g/mol. The van der Waals surface area contributed by atoms with Crippen molar-refractivity contribution in [2.24, 2.45) is 0 Å². The predicted molar refractivity (Wildman–Crippen MR) is 497 cm³/mol. The van der Waals surface area contributed by atoms with Gasteiger partial charge in [-0.3, -0.25) is 60.0 Å². The second kappa shape index (κ2) is 43.8. The molecular formula is C93H77Cl4F5N20O8S. The van der Waals surface area contributed by atoms with Gasteiger partial charge < -0.3 is 62.1 Å². The smallest absolute Gasteiger partial charge is 0.259 e. The maximum atomic E-state index is 14.7. The van der Waals surface area contributed by atoms with Crippen LogP contribution in [0, 0.1) is 50.7 Å². The molecule has 0 radical (unpaired) electrons. The lowest BCUT2D eigenvalue weighted by molar-refractivity contribution is 0.100. The van der Waals surface area contributed by atoms with E-state index in [4.69, 9.17) is 68.0 Å². The highest BCUT2D eigenvalue weighted by Gasteiger charge is 2.28. The second-order valence-electron chi connectivity index (χ2n) is 29.3. The fourth-order valence-corrected chi connectivity index (χ4v) is 14.3. The third kappa shape index (κ3) is 24.9. The van der Waals surface area contributed by atoms with Gasteiger partial charge in [-0.25, -0.2) is 41.9 Å². The monoisotopic (exact) mass is 1870 g/mol. The molecule has 4 aromatic heterocycles. The predicted octanol–water partition coefficient (Wildman–Crippen LogP) is 18.1. The summed E-state index contributed by atoms with van der Waals surface area (Å²) in [7, 11) is 0. The Morgan fingerprint density at radius 2 is 0.542 bits per heavy atom. The van der Waals surface area contributed by atoms with Crippen molar-refractivity contribution in [2.75, 3.05) is 106 Å². The number of pyridine rings is 4. The molecule has 0 atom stereocenters. The minimum absolute atomic E-state index is 0.00957. The standard InChI is InChI=1S/C24H21ClFN5O2S.C23H18ClF2N5O2.2C23H19ClFN5O2/c25-17-5-8-21(28-14-17)30-24(33)19-13-18(26)6-7-20(19)29-23(32)16-3-1-15(2-4-16)22(27)31-9-11-34-12-10-31;24-14-3-7-20(28-12-14)30-23(33)17-11-15(25)4-6-19(17)29-22(32)16-5-2-13(10-18(16)26)21(27)31-8-1-9-31;24-16-6-9-20(27-13-16)29-23(32)18-12-17(25)7-8-19(18)28-22(31)15-4-2-14(3-5-15)21(26)30-10-1-11-30;24-15-7-9-20(27-13-15)29-23(32)17-4-1-2-5-19(17)28-22(31)16-8-6-14(12-18(16)25)21(26)30-10-3-11-30/h1-8,13-14,27H,9-12H2,(H,29,32)(H,28,30,33);2-7,10-12,27H,1,8-9H2,(H,29,32)(H,28,30,33);2-9,12-13,26H,1,10-11H2,(H,28,31)(H,27,29,32);1-2,4-9,12-13,26H,3,10-11H2,(H,28,31)(H,27,29,32). The second-order valence-corrected chi connectivity index (χ2v) is 32.2. The zero-order chi connectivity index (χ0) is 92.9. The van der Waals surface area contributed by atoms with E-state index in [1.807, 2.05) is 26.5 Å². The molecule has 4 fully saturated rings. The van der Waals surface area contributed by atoms with Gasteiger partial charge in [0.15, 0.2) is 0 Å². The molecule has 0 aliphatic carbocycles. The first-order chi connectivity index (χ1) is 63.0. The molecule has 8 heterocycles. The van der Waals surface area contributed by atoms with Crippen LogP contribution < -0.4 is 42.5 Å². The summed E-state index contributed by atoms with van der Waals surface area (Å²) in [6, 6.07) is 50.2. The quantitative estimate of drug-likeness (QED) is 0.0192. The number of hydrogen-bond acceptors (Lipinski definition) is 17. The van der Waals surface area contributed by atoms with E-state index in [0.717, 1.165) is 137 Å². The van der Waals surface area contributed by atoms with Gasteiger partial charge in [-0.15, -0.1) is 0 Å². The van der Waals surface area contributed by atoms with Crippen molar-refractivity contribution in [2.45, 2.75) is 19.3 Å². The fraction of sp³-hybridized carbons (Fsp3) is 0.140. The topological polar surface area (TPSA) is 393 Å². The van der Waals surface area contributed by atoms with Crippen LogP contribution in [0.3, 0.4) is 0 Å². The molecule has 666 valence electrons. The number of aromatic nitrogens is 4. The van der Waals surface area contributed by atoms with E-state index in [2.05, 4.69) is 62.5 Å². The Hall–Kier alpha value is -14.8. The summed E-state index contributed by atoms with van der Waals surface area (Å²) in [5.41, 5.74) is 2.90. The summed E-state index contributed by atoms with van der Waals surface area (Å²) in [6.45, 7) is 6.40. The number of nitrogens with one attached hydrogen (secondary N) is 12. The number of carbonyl (C=O) groups excluding carboxylic acids is 8. The van der Waals surface area contributed by atoms with Gasteiger partial charge in [0, 0.05) is 122 Å². The summed E-state index contributed by atoms with van der Waals surface area (Å²) in [5, 5.41) is 55.0. The number of amidine groups is 4. The van der Waals surface area contributed by atoms with Crippen molar-refractivity contribution in [1.29, 1.82) is 21.6 Å². The third-order valence-corrected chi connectivity index (χ3v) is 22.2. The average Bonchev–Trinajstić information content (AvgIpc) is 0.809. The number of benzene rings is 8. The summed E-state index contributed by atoms with van der Waals surface area (Å²) >= 11 is 25.0. The summed E-state index contributed by atoms with van der Waals surface area (Å²) < 4.78 is 70.9. The SMILES string of the molecule is N=C(c1ccc(C(=O)Nc2ccc(F)cc2C(=O)Nc2ccc(Cl)cn2)c(F)c1)N1CCC1.N=C(c1ccc(C(=O)Nc2ccc(F)cc2C(=O)Nc2ccc(Cl)cn2)cc1)N1CCC1.N=C(c1ccc(C(=O)Nc2ccc(F)cc2C(=O)Nc2ccc(Cl)cn2)cc1)N1CCSCC1.N=C(c1ccc(C(=O)Nc2ccccc2C(=O)Nc2ccc(Cl)cn2)c(F)c1)N1CCC1. The molecule has 0 saturated carbocycles. The van der Waals surface area contributed by atoms with E-state index in [0.29, 0.717) is 59.8 Å². The lowest BCUT2D eigenvalue weighted by Crippen LogP contribution is -2.42. The normalized spacial score (nSPS) is 12.8. The zero-order valence-corrected chi connectivity index (χ0v) is 72.7. The molecule has 16 rings (SSSR count). The van der Waals surface area contributed by atoms with Crippen LogP contribution in [-0.4, -0.2) is 174 Å². The molecule has 0 spiro atoms. The minimum atomic E-state index is -0.820. The van der Waals surface area contributed by atoms with E-state index in [1.165, 1.54) is 97.6 Å². The Labute approximate surface area is 770 Å². The van der Waals surface area contributed by atoms with E-state index >= 15 is 0 Å². The molecule has 4 aliphatic heterocycles. The Morgan fingerprint density at radius 1 is 0.275 bits per heavy atom. The molecule has 4 saturated heterocycles. The molecule has 8 amide bonds. The van der Waals surface area contributed by atoms with Crippen LogP contribution in [0.1, 0.15) is 124 Å². The molecule has 12 aromatic rings. The van der Waals surface area contributed by atoms with Gasteiger partial charge in [0.1, 0.15) is 75.7 Å². The van der Waals surface area contributed by atoms with Crippen LogP contribution in [0.15, 0.2) is 237 Å². The maximum Gasteiger partial charge on any atom is 0.259 e. The minimum Gasteiger partial charge on any atom is -0.356 e. The number of hydrogen-bond donors (Lipinski definition) is 12. The highest BCUT2D eigenvalue weighted by Crippen LogP contribution is 2.29. The Morgan fingerprint density at radius 3 is 0.840 bits per heavy atom. The van der Waals surface area contributed by atoms with E-state index in [9.17, 15) is 60.3 Å². The van der Waals surface area contributed by atoms with Gasteiger partial charge in [0.2, 0.25) is 0 Å². The highest BCUT2D eigenvalue weighted by atomic mass is 35.5. The van der Waals surface area contributed by atoms with Crippen molar-refractivity contribution in [3.63, 3.8) is 0 Å². The van der Waals surface area contributed by atoms with Crippen LogP contribution in [-0.2, 0) is 0 Å². The largest absolute Gasteiger partial charge is 0.356 e. The van der Waals surface area contributed by atoms with Crippen LogP contribution in [0.5, 0.6) is 0 Å². The maximum absolute atomic E-state index is 14.7.